The highest BCUT2D eigenvalue weighted by Gasteiger charge is 2.59. The first-order valence-electron chi connectivity index (χ1n) is 10.1. The van der Waals surface area contributed by atoms with Gasteiger partial charge in [-0.2, -0.15) is 13.2 Å². The number of rotatable bonds is 5. The second kappa shape index (κ2) is 6.47. The summed E-state index contributed by atoms with van der Waals surface area (Å²) >= 11 is 0. The molecule has 0 radical (unpaired) electrons. The van der Waals surface area contributed by atoms with Crippen molar-refractivity contribution in [2.75, 3.05) is 0 Å². The van der Waals surface area contributed by atoms with E-state index in [9.17, 15) is 23.1 Å². The second-order valence-corrected chi connectivity index (χ2v) is 9.47. The largest absolute Gasteiger partial charge is 0.425 e. The Bertz CT molecular complexity index is 725. The molecule has 4 saturated carbocycles. The molecule has 156 valence electrons. The van der Waals surface area contributed by atoms with Gasteiger partial charge in [0.05, 0.1) is 6.42 Å². The molecule has 1 amide bonds. The van der Waals surface area contributed by atoms with E-state index in [0.717, 1.165) is 23.8 Å². The van der Waals surface area contributed by atoms with Gasteiger partial charge in [0.15, 0.2) is 5.82 Å². The smallest absolute Gasteiger partial charge is 0.374 e. The van der Waals surface area contributed by atoms with E-state index in [-0.39, 0.29) is 11.5 Å². The minimum atomic E-state index is -5.01. The number of nitrogens with zero attached hydrogens (tertiary/aromatic N) is 2. The fraction of sp³-hybridized carbons (Fsp3) is 0.800. The molecule has 2 unspecified atom stereocenters. The third-order valence-electron chi connectivity index (χ3n) is 7.46. The summed E-state index contributed by atoms with van der Waals surface area (Å²) in [5.74, 6) is 0.699. The molecule has 1 heterocycles. The molecule has 1 aromatic heterocycles. The van der Waals surface area contributed by atoms with E-state index >= 15 is 0 Å². The van der Waals surface area contributed by atoms with Crippen molar-refractivity contribution in [2.45, 2.75) is 69.7 Å². The molecule has 1 aromatic rings. The van der Waals surface area contributed by atoms with E-state index in [1.165, 1.54) is 38.7 Å². The molecule has 5 nitrogen and oxygen atoms in total. The summed E-state index contributed by atoms with van der Waals surface area (Å²) in [6.45, 7) is 1.92. The van der Waals surface area contributed by atoms with Crippen molar-refractivity contribution >= 4 is 5.91 Å². The lowest BCUT2D eigenvalue weighted by atomic mass is 9.48. The molecule has 2 atom stereocenters. The minimum absolute atomic E-state index is 0.00994. The van der Waals surface area contributed by atoms with Crippen LogP contribution in [0.1, 0.15) is 57.7 Å². The number of carbonyl (C=O) groups excluding carboxylic acids is 1. The Morgan fingerprint density at radius 2 is 1.82 bits per heavy atom. The Morgan fingerprint density at radius 1 is 1.29 bits per heavy atom. The third-order valence-corrected chi connectivity index (χ3v) is 7.46. The van der Waals surface area contributed by atoms with Crippen LogP contribution in [0, 0.1) is 23.2 Å². The van der Waals surface area contributed by atoms with Crippen LogP contribution in [0.25, 0.3) is 0 Å². The number of hydrogen-bond acceptors (Lipinski definition) is 3. The lowest BCUT2D eigenvalue weighted by Gasteiger charge is -2.59. The quantitative estimate of drug-likeness (QED) is 0.799. The summed E-state index contributed by atoms with van der Waals surface area (Å²) in [5, 5.41) is 13.2. The molecule has 4 fully saturated rings. The maximum atomic E-state index is 13.7. The molecule has 0 saturated heterocycles. The molecular weight excluding hydrogens is 371 g/mol. The number of halogens is 3. The molecule has 28 heavy (non-hydrogen) atoms. The van der Waals surface area contributed by atoms with Crippen molar-refractivity contribution in [2.24, 2.45) is 30.2 Å². The molecule has 8 heteroatoms. The van der Waals surface area contributed by atoms with Gasteiger partial charge in [0.25, 0.3) is 0 Å². The van der Waals surface area contributed by atoms with Gasteiger partial charge >= 0.3 is 6.18 Å². The summed E-state index contributed by atoms with van der Waals surface area (Å²) in [7, 11) is 1.37. The highest BCUT2D eigenvalue weighted by Crippen LogP contribution is 2.61. The third kappa shape index (κ3) is 3.13. The van der Waals surface area contributed by atoms with Gasteiger partial charge in [-0.3, -0.25) is 4.79 Å². The molecule has 0 aliphatic heterocycles. The number of alkyl halides is 3. The second-order valence-electron chi connectivity index (χ2n) is 9.47. The van der Waals surface area contributed by atoms with E-state index in [0.29, 0.717) is 17.8 Å². The Labute approximate surface area is 162 Å². The Kier molecular flexibility index (Phi) is 4.56. The van der Waals surface area contributed by atoms with Crippen LogP contribution in [-0.2, 0) is 17.4 Å². The van der Waals surface area contributed by atoms with E-state index < -0.39 is 29.9 Å². The molecule has 0 spiro atoms. The normalized spacial score (nSPS) is 34.9. The van der Waals surface area contributed by atoms with Gasteiger partial charge in [0.2, 0.25) is 11.5 Å². The van der Waals surface area contributed by atoms with Crippen LogP contribution >= 0.6 is 0 Å². The zero-order valence-electron chi connectivity index (χ0n) is 16.3. The van der Waals surface area contributed by atoms with Gasteiger partial charge in [-0.15, -0.1) is 0 Å². The van der Waals surface area contributed by atoms with Crippen molar-refractivity contribution in [1.82, 2.24) is 14.9 Å². The number of carbonyl (C=O) groups is 1. The predicted octanol–water partition coefficient (Wildman–Crippen LogP) is 3.28. The van der Waals surface area contributed by atoms with Crippen LogP contribution in [0.5, 0.6) is 0 Å². The van der Waals surface area contributed by atoms with E-state index in [1.54, 1.807) is 0 Å². The number of amides is 1. The average Bonchev–Trinajstić information content (AvgIpc) is 2.98. The van der Waals surface area contributed by atoms with Crippen LogP contribution in [0.2, 0.25) is 0 Å². The van der Waals surface area contributed by atoms with Crippen molar-refractivity contribution < 1.29 is 23.1 Å². The summed E-state index contributed by atoms with van der Waals surface area (Å²) in [6, 6.07) is -0.202. The molecule has 2 N–H and O–H groups in total. The topological polar surface area (TPSA) is 67.2 Å². The van der Waals surface area contributed by atoms with Crippen molar-refractivity contribution in [3.05, 3.63) is 18.2 Å². The van der Waals surface area contributed by atoms with Gasteiger partial charge in [0.1, 0.15) is 0 Å². The molecule has 4 aliphatic rings. The van der Waals surface area contributed by atoms with Gasteiger partial charge < -0.3 is 15.0 Å². The SMILES string of the molecule is CC(NC(=O)CC(O)(c1nccn1C)C(F)(F)F)C12CC3CC(CC(C3)C1)C2. The summed E-state index contributed by atoms with van der Waals surface area (Å²) < 4.78 is 42.1. The first kappa shape index (κ1) is 19.7. The minimum Gasteiger partial charge on any atom is -0.374 e. The fourth-order valence-corrected chi connectivity index (χ4v) is 6.46. The zero-order chi connectivity index (χ0) is 20.3. The van der Waals surface area contributed by atoms with Gasteiger partial charge in [-0.25, -0.2) is 4.98 Å². The van der Waals surface area contributed by atoms with Crippen molar-refractivity contribution in [3.8, 4) is 0 Å². The molecular formula is C20H28F3N3O2. The van der Waals surface area contributed by atoms with E-state index in [4.69, 9.17) is 0 Å². The average molecular weight is 399 g/mol. The molecule has 5 rings (SSSR count). The number of aliphatic hydroxyl groups is 1. The number of aryl methyl sites for hydroxylation is 1. The van der Waals surface area contributed by atoms with Crippen LogP contribution in [-0.4, -0.2) is 32.8 Å². The maximum Gasteiger partial charge on any atom is 0.425 e. The van der Waals surface area contributed by atoms with Crippen LogP contribution in [0.3, 0.4) is 0 Å². The molecule has 0 aromatic carbocycles. The molecule has 4 bridgehead atoms. The Balaban J connectivity index is 1.49. The first-order chi connectivity index (χ1) is 13.0. The van der Waals surface area contributed by atoms with Gasteiger partial charge in [-0.1, -0.05) is 0 Å². The van der Waals surface area contributed by atoms with Crippen LogP contribution in [0.15, 0.2) is 12.4 Å². The van der Waals surface area contributed by atoms with Gasteiger partial charge in [-0.05, 0) is 68.6 Å². The first-order valence-corrected chi connectivity index (χ1v) is 10.1. The Hall–Kier alpha value is -1.57. The molecule has 4 aliphatic carbocycles. The van der Waals surface area contributed by atoms with Crippen molar-refractivity contribution in [1.29, 1.82) is 0 Å². The zero-order valence-corrected chi connectivity index (χ0v) is 16.3. The highest BCUT2D eigenvalue weighted by molar-refractivity contribution is 5.77. The number of nitrogens with one attached hydrogen (secondary N) is 1. The fourth-order valence-electron chi connectivity index (χ4n) is 6.46. The van der Waals surface area contributed by atoms with Crippen molar-refractivity contribution in [3.63, 3.8) is 0 Å². The summed E-state index contributed by atoms with van der Waals surface area (Å²) in [5.41, 5.74) is -3.32. The monoisotopic (exact) mass is 399 g/mol. The Morgan fingerprint density at radius 3 is 2.25 bits per heavy atom. The number of imidazole rings is 1. The summed E-state index contributed by atoms with van der Waals surface area (Å²) in [6.07, 6.45) is 3.32. The van der Waals surface area contributed by atoms with Crippen LogP contribution < -0.4 is 5.32 Å². The number of hydrogen-bond donors (Lipinski definition) is 2. The van der Waals surface area contributed by atoms with E-state index in [1.807, 2.05) is 6.92 Å². The highest BCUT2D eigenvalue weighted by atomic mass is 19.4. The lowest BCUT2D eigenvalue weighted by molar-refractivity contribution is -0.271. The van der Waals surface area contributed by atoms with E-state index in [2.05, 4.69) is 10.3 Å². The number of aromatic nitrogens is 2. The predicted molar refractivity (Wildman–Crippen MR) is 96.0 cm³/mol. The standard InChI is InChI=1S/C20H28F3N3O2/c1-12(18-8-13-5-14(9-18)7-15(6-13)10-18)25-16(27)11-19(28,20(21,22)23)17-24-3-4-26(17)2/h3-4,12-15,28H,5-11H2,1-2H3,(H,25,27). The summed E-state index contributed by atoms with van der Waals surface area (Å²) in [4.78, 5) is 16.3. The van der Waals surface area contributed by atoms with Crippen LogP contribution in [0.4, 0.5) is 13.2 Å². The maximum absolute atomic E-state index is 13.7. The van der Waals surface area contributed by atoms with Gasteiger partial charge in [0, 0.05) is 25.5 Å². The lowest BCUT2D eigenvalue weighted by Crippen LogP contribution is -2.57.